The zero-order valence-corrected chi connectivity index (χ0v) is 14.4. The van der Waals surface area contributed by atoms with E-state index in [1.54, 1.807) is 11.6 Å². The van der Waals surface area contributed by atoms with E-state index >= 15 is 0 Å². The Labute approximate surface area is 144 Å². The third-order valence-electron chi connectivity index (χ3n) is 3.56. The molecule has 0 saturated heterocycles. The smallest absolute Gasteiger partial charge is 0.257 e. The molecule has 2 heterocycles. The fourth-order valence-electron chi connectivity index (χ4n) is 2.32. The summed E-state index contributed by atoms with van der Waals surface area (Å²) < 4.78 is 1.99. The summed E-state index contributed by atoms with van der Waals surface area (Å²) in [5.74, 6) is -0.178. The minimum Gasteiger partial charge on any atom is -0.298 e. The number of carbonyl (C=O) groups is 1. The van der Waals surface area contributed by atoms with E-state index in [2.05, 4.69) is 15.3 Å². The molecule has 4 rings (SSSR count). The highest BCUT2D eigenvalue weighted by molar-refractivity contribution is 7.22. The van der Waals surface area contributed by atoms with Gasteiger partial charge in [0.25, 0.3) is 5.91 Å². The first-order valence-electron chi connectivity index (χ1n) is 6.82. The maximum atomic E-state index is 12.4. The zero-order valence-electron chi connectivity index (χ0n) is 12.0. The fourth-order valence-corrected chi connectivity index (χ4v) is 4.11. The van der Waals surface area contributed by atoms with E-state index in [1.807, 2.05) is 31.2 Å². The largest absolute Gasteiger partial charge is 0.298 e. The Morgan fingerprint density at radius 3 is 2.96 bits per heavy atom. The van der Waals surface area contributed by atoms with Gasteiger partial charge >= 0.3 is 0 Å². The van der Waals surface area contributed by atoms with Crippen molar-refractivity contribution in [1.82, 2.24) is 9.97 Å². The number of anilines is 1. The number of nitrogens with one attached hydrogen (secondary N) is 1. The van der Waals surface area contributed by atoms with E-state index < -0.39 is 0 Å². The lowest BCUT2D eigenvalue weighted by Crippen LogP contribution is -2.11. The number of amides is 1. The van der Waals surface area contributed by atoms with Gasteiger partial charge in [0, 0.05) is 10.6 Å². The fraction of sp³-hybridized carbons (Fsp3) is 0.0625. The highest BCUT2D eigenvalue weighted by atomic mass is 35.5. The van der Waals surface area contributed by atoms with Crippen LogP contribution in [0, 0.1) is 6.92 Å². The van der Waals surface area contributed by atoms with Crippen LogP contribution in [0.15, 0.2) is 35.8 Å². The molecule has 0 spiro atoms. The Morgan fingerprint density at radius 2 is 2.09 bits per heavy atom. The van der Waals surface area contributed by atoms with Gasteiger partial charge in [0.1, 0.15) is 0 Å². The maximum absolute atomic E-state index is 12.4. The van der Waals surface area contributed by atoms with E-state index in [4.69, 9.17) is 11.6 Å². The molecule has 0 radical (unpaired) electrons. The molecule has 0 atom stereocenters. The van der Waals surface area contributed by atoms with Crippen molar-refractivity contribution in [1.29, 1.82) is 0 Å². The highest BCUT2D eigenvalue weighted by Gasteiger charge is 2.13. The Bertz CT molecular complexity index is 1050. The van der Waals surface area contributed by atoms with E-state index in [0.717, 1.165) is 26.0 Å². The number of thiazole rings is 2. The van der Waals surface area contributed by atoms with Crippen LogP contribution in [0.1, 0.15) is 15.9 Å². The molecule has 2 aromatic carbocycles. The molecule has 114 valence electrons. The van der Waals surface area contributed by atoms with Crippen LogP contribution in [0.5, 0.6) is 0 Å². The van der Waals surface area contributed by atoms with Gasteiger partial charge in [-0.2, -0.15) is 0 Å². The average Bonchev–Trinajstić information content (AvgIpc) is 3.16. The van der Waals surface area contributed by atoms with Crippen LogP contribution in [0.2, 0.25) is 5.02 Å². The van der Waals surface area contributed by atoms with Crippen LogP contribution in [-0.2, 0) is 0 Å². The standard InChI is InChI=1S/C16H10ClN3OS2/c1-8-10(17)3-5-12-14(8)19-16(23-12)20-15(21)9-2-4-11-13(6-9)22-7-18-11/h2-7H,1H3,(H,19,20,21). The second-order valence-corrected chi connectivity index (χ2v) is 7.35. The van der Waals surface area contributed by atoms with Crippen molar-refractivity contribution < 1.29 is 4.79 Å². The maximum Gasteiger partial charge on any atom is 0.257 e. The lowest BCUT2D eigenvalue weighted by Gasteiger charge is -2.01. The van der Waals surface area contributed by atoms with Crippen LogP contribution in [0.4, 0.5) is 5.13 Å². The Balaban J connectivity index is 1.66. The first kappa shape index (κ1) is 14.6. The molecule has 0 bridgehead atoms. The van der Waals surface area contributed by atoms with Crippen molar-refractivity contribution in [3.8, 4) is 0 Å². The molecule has 4 aromatic rings. The number of aromatic nitrogens is 2. The van der Waals surface area contributed by atoms with Crippen molar-refractivity contribution in [3.63, 3.8) is 0 Å². The summed E-state index contributed by atoms with van der Waals surface area (Å²) in [6.07, 6.45) is 0. The Hall–Kier alpha value is -2.02. The van der Waals surface area contributed by atoms with Gasteiger partial charge in [0.15, 0.2) is 5.13 Å². The van der Waals surface area contributed by atoms with Gasteiger partial charge in [-0.3, -0.25) is 10.1 Å². The van der Waals surface area contributed by atoms with Crippen molar-refractivity contribution in [2.75, 3.05) is 5.32 Å². The zero-order chi connectivity index (χ0) is 16.0. The molecule has 0 saturated carbocycles. The molecule has 0 unspecified atom stereocenters. The number of hydrogen-bond acceptors (Lipinski definition) is 5. The quantitative estimate of drug-likeness (QED) is 0.540. The predicted molar refractivity (Wildman–Crippen MR) is 96.9 cm³/mol. The third-order valence-corrected chi connectivity index (χ3v) is 5.70. The van der Waals surface area contributed by atoms with Crippen LogP contribution in [-0.4, -0.2) is 15.9 Å². The molecule has 0 fully saturated rings. The van der Waals surface area contributed by atoms with Gasteiger partial charge < -0.3 is 0 Å². The van der Waals surface area contributed by atoms with E-state index in [1.165, 1.54) is 22.7 Å². The summed E-state index contributed by atoms with van der Waals surface area (Å²) in [6, 6.07) is 9.23. The molecule has 0 aliphatic heterocycles. The second-order valence-electron chi connectivity index (χ2n) is 5.03. The average molecular weight is 360 g/mol. The summed E-state index contributed by atoms with van der Waals surface area (Å²) >= 11 is 9.07. The SMILES string of the molecule is Cc1c(Cl)ccc2sc(NC(=O)c3ccc4ncsc4c3)nc12. The van der Waals surface area contributed by atoms with Crippen LogP contribution in [0.25, 0.3) is 20.4 Å². The van der Waals surface area contributed by atoms with Gasteiger partial charge in [-0.25, -0.2) is 9.97 Å². The summed E-state index contributed by atoms with van der Waals surface area (Å²) in [5, 5.41) is 4.11. The van der Waals surface area contributed by atoms with Crippen molar-refractivity contribution in [2.24, 2.45) is 0 Å². The molecular formula is C16H10ClN3OS2. The number of benzene rings is 2. The van der Waals surface area contributed by atoms with Crippen LogP contribution < -0.4 is 5.32 Å². The van der Waals surface area contributed by atoms with E-state index in [0.29, 0.717) is 15.7 Å². The van der Waals surface area contributed by atoms with Crippen LogP contribution >= 0.6 is 34.3 Å². The van der Waals surface area contributed by atoms with Gasteiger partial charge in [-0.05, 0) is 42.8 Å². The molecular weight excluding hydrogens is 350 g/mol. The molecule has 4 nitrogen and oxygen atoms in total. The molecule has 0 aliphatic carbocycles. The first-order valence-corrected chi connectivity index (χ1v) is 8.89. The van der Waals surface area contributed by atoms with Crippen molar-refractivity contribution in [3.05, 3.63) is 52.0 Å². The molecule has 23 heavy (non-hydrogen) atoms. The van der Waals surface area contributed by atoms with Crippen molar-refractivity contribution in [2.45, 2.75) is 6.92 Å². The molecule has 0 aliphatic rings. The topological polar surface area (TPSA) is 54.9 Å². The Kier molecular flexibility index (Phi) is 3.52. The van der Waals surface area contributed by atoms with Gasteiger partial charge in [0.2, 0.25) is 0 Å². The lowest BCUT2D eigenvalue weighted by molar-refractivity contribution is 0.102. The van der Waals surface area contributed by atoms with Gasteiger partial charge in [-0.1, -0.05) is 22.9 Å². The summed E-state index contributed by atoms with van der Waals surface area (Å²) in [7, 11) is 0. The summed E-state index contributed by atoms with van der Waals surface area (Å²) in [5.41, 5.74) is 5.02. The molecule has 7 heteroatoms. The number of rotatable bonds is 2. The number of aryl methyl sites for hydroxylation is 1. The summed E-state index contributed by atoms with van der Waals surface area (Å²) in [4.78, 5) is 21.1. The van der Waals surface area contributed by atoms with Crippen molar-refractivity contribution >= 4 is 65.7 Å². The molecule has 1 N–H and O–H groups in total. The monoisotopic (exact) mass is 359 g/mol. The first-order chi connectivity index (χ1) is 11.1. The molecule has 2 aromatic heterocycles. The molecule has 1 amide bonds. The van der Waals surface area contributed by atoms with Gasteiger partial charge in [0.05, 0.1) is 25.9 Å². The number of carbonyl (C=O) groups excluding carboxylic acids is 1. The normalized spacial score (nSPS) is 11.2. The second kappa shape index (κ2) is 5.56. The highest BCUT2D eigenvalue weighted by Crippen LogP contribution is 2.32. The number of halogens is 1. The van der Waals surface area contributed by atoms with Gasteiger partial charge in [-0.15, -0.1) is 11.3 Å². The minimum absolute atomic E-state index is 0.178. The number of nitrogens with zero attached hydrogens (tertiary/aromatic N) is 2. The van der Waals surface area contributed by atoms with E-state index in [-0.39, 0.29) is 5.91 Å². The third kappa shape index (κ3) is 2.59. The number of hydrogen-bond donors (Lipinski definition) is 1. The lowest BCUT2D eigenvalue weighted by atomic mass is 10.2. The number of fused-ring (bicyclic) bond motifs is 2. The summed E-state index contributed by atoms with van der Waals surface area (Å²) in [6.45, 7) is 1.92. The van der Waals surface area contributed by atoms with Crippen LogP contribution in [0.3, 0.4) is 0 Å². The minimum atomic E-state index is -0.178. The predicted octanol–water partition coefficient (Wildman–Crippen LogP) is 5.12. The van der Waals surface area contributed by atoms with E-state index in [9.17, 15) is 4.79 Å². The Morgan fingerprint density at radius 1 is 1.22 bits per heavy atom.